The third-order valence-corrected chi connectivity index (χ3v) is 5.00. The molecular formula is C20H27ClN2OS. The zero-order chi connectivity index (χ0) is 17.6. The van der Waals surface area contributed by atoms with Crippen molar-refractivity contribution < 1.29 is 4.79 Å². The van der Waals surface area contributed by atoms with Gasteiger partial charge < -0.3 is 10.6 Å². The van der Waals surface area contributed by atoms with Gasteiger partial charge in [-0.3, -0.25) is 4.79 Å². The van der Waals surface area contributed by atoms with Gasteiger partial charge in [0, 0.05) is 29.8 Å². The van der Waals surface area contributed by atoms with E-state index in [0.717, 1.165) is 11.3 Å². The van der Waals surface area contributed by atoms with Crippen molar-refractivity contribution in [2.45, 2.75) is 24.5 Å². The lowest BCUT2D eigenvalue weighted by Crippen LogP contribution is -2.39. The van der Waals surface area contributed by atoms with Gasteiger partial charge in [0.05, 0.1) is 0 Å². The van der Waals surface area contributed by atoms with Gasteiger partial charge in [0.25, 0.3) is 5.91 Å². The largest absolute Gasteiger partial charge is 0.341 e. The van der Waals surface area contributed by atoms with Crippen molar-refractivity contribution in [3.05, 3.63) is 65.7 Å². The highest BCUT2D eigenvalue weighted by atomic mass is 35.5. The van der Waals surface area contributed by atoms with E-state index in [1.54, 1.807) is 16.7 Å². The number of thioether (sulfide) groups is 1. The van der Waals surface area contributed by atoms with Crippen molar-refractivity contribution in [3.8, 4) is 0 Å². The van der Waals surface area contributed by atoms with Crippen molar-refractivity contribution in [1.82, 2.24) is 4.90 Å². The summed E-state index contributed by atoms with van der Waals surface area (Å²) in [5.74, 6) is 0.938. The number of carbonyl (C=O) groups excluding carboxylic acids is 1. The molecule has 2 rings (SSSR count). The molecule has 2 aromatic rings. The van der Waals surface area contributed by atoms with E-state index >= 15 is 0 Å². The second-order valence-electron chi connectivity index (χ2n) is 6.83. The van der Waals surface area contributed by atoms with Crippen LogP contribution in [0, 0.1) is 5.41 Å². The molecule has 1 amide bonds. The van der Waals surface area contributed by atoms with Gasteiger partial charge in [-0.2, -0.15) is 0 Å². The Morgan fingerprint density at radius 1 is 1.08 bits per heavy atom. The quantitative estimate of drug-likeness (QED) is 0.723. The highest BCUT2D eigenvalue weighted by Crippen LogP contribution is 2.23. The van der Waals surface area contributed by atoms with Crippen molar-refractivity contribution in [3.63, 3.8) is 0 Å². The predicted molar refractivity (Wildman–Crippen MR) is 109 cm³/mol. The van der Waals surface area contributed by atoms with Crippen LogP contribution < -0.4 is 5.73 Å². The summed E-state index contributed by atoms with van der Waals surface area (Å²) in [5.41, 5.74) is 7.62. The fourth-order valence-corrected chi connectivity index (χ4v) is 3.30. The Labute approximate surface area is 161 Å². The van der Waals surface area contributed by atoms with E-state index in [4.69, 9.17) is 5.73 Å². The highest BCUT2D eigenvalue weighted by Gasteiger charge is 2.21. The van der Waals surface area contributed by atoms with Crippen molar-refractivity contribution >= 4 is 30.1 Å². The molecule has 0 atom stereocenters. The second kappa shape index (κ2) is 9.85. The minimum atomic E-state index is -0.0727. The number of nitrogens with two attached hydrogens (primary N) is 1. The third-order valence-electron chi connectivity index (χ3n) is 3.91. The van der Waals surface area contributed by atoms with Crippen LogP contribution in [0.4, 0.5) is 0 Å². The number of amides is 1. The maximum Gasteiger partial charge on any atom is 0.253 e. The third kappa shape index (κ3) is 6.73. The standard InChI is InChI=1S/C20H26N2OS.ClH/c1-20(2,14-21)15-22(3)19(23)17-11-9-16(10-12-17)13-24-18-7-5-4-6-8-18;/h4-12H,13-15,21H2,1-3H3;1H. The first-order valence-electron chi connectivity index (χ1n) is 8.13. The lowest BCUT2D eigenvalue weighted by Gasteiger charge is -2.29. The van der Waals surface area contributed by atoms with Gasteiger partial charge in [0.2, 0.25) is 0 Å². The Morgan fingerprint density at radius 3 is 2.24 bits per heavy atom. The van der Waals surface area contributed by atoms with E-state index in [1.165, 1.54) is 10.5 Å². The second-order valence-corrected chi connectivity index (χ2v) is 7.88. The van der Waals surface area contributed by atoms with Gasteiger partial charge in [-0.15, -0.1) is 24.2 Å². The maximum atomic E-state index is 12.5. The first-order valence-corrected chi connectivity index (χ1v) is 9.12. The number of hydrogen-bond acceptors (Lipinski definition) is 3. The van der Waals surface area contributed by atoms with Crippen LogP contribution in [0.5, 0.6) is 0 Å². The molecule has 0 aliphatic rings. The summed E-state index contributed by atoms with van der Waals surface area (Å²) in [7, 11) is 1.83. The van der Waals surface area contributed by atoms with E-state index in [1.807, 2.05) is 49.5 Å². The molecule has 0 aliphatic carbocycles. The zero-order valence-corrected chi connectivity index (χ0v) is 16.7. The molecule has 25 heavy (non-hydrogen) atoms. The Morgan fingerprint density at radius 2 is 1.68 bits per heavy atom. The minimum Gasteiger partial charge on any atom is -0.341 e. The molecule has 136 valence electrons. The smallest absolute Gasteiger partial charge is 0.253 e. The van der Waals surface area contributed by atoms with Crippen LogP contribution in [0.25, 0.3) is 0 Å². The summed E-state index contributed by atoms with van der Waals surface area (Å²) in [4.78, 5) is 15.5. The van der Waals surface area contributed by atoms with Crippen LogP contribution in [0.2, 0.25) is 0 Å². The molecule has 0 fully saturated rings. The zero-order valence-electron chi connectivity index (χ0n) is 15.1. The predicted octanol–water partition coefficient (Wildman–Crippen LogP) is 4.46. The number of benzene rings is 2. The van der Waals surface area contributed by atoms with E-state index in [2.05, 4.69) is 26.0 Å². The fourth-order valence-electron chi connectivity index (χ4n) is 2.43. The van der Waals surface area contributed by atoms with E-state index in [-0.39, 0.29) is 23.7 Å². The molecule has 3 nitrogen and oxygen atoms in total. The molecule has 2 N–H and O–H groups in total. The Balaban J connectivity index is 0.00000312. The Kier molecular flexibility index (Phi) is 8.50. The first kappa shape index (κ1) is 21.6. The number of halogens is 1. The molecule has 0 bridgehead atoms. The fraction of sp³-hybridized carbons (Fsp3) is 0.350. The van der Waals surface area contributed by atoms with Gasteiger partial charge in [0.1, 0.15) is 0 Å². The van der Waals surface area contributed by atoms with Gasteiger partial charge >= 0.3 is 0 Å². The first-order chi connectivity index (χ1) is 11.4. The monoisotopic (exact) mass is 378 g/mol. The van der Waals surface area contributed by atoms with E-state index in [0.29, 0.717) is 13.1 Å². The summed E-state index contributed by atoms with van der Waals surface area (Å²) < 4.78 is 0. The van der Waals surface area contributed by atoms with Gasteiger partial charge in [-0.25, -0.2) is 0 Å². The van der Waals surface area contributed by atoms with Crippen molar-refractivity contribution in [1.29, 1.82) is 0 Å². The van der Waals surface area contributed by atoms with Crippen LogP contribution in [0.3, 0.4) is 0 Å². The summed E-state index contributed by atoms with van der Waals surface area (Å²) in [6, 6.07) is 18.2. The van der Waals surface area contributed by atoms with E-state index < -0.39 is 0 Å². The molecule has 0 unspecified atom stereocenters. The molecule has 0 saturated carbocycles. The molecule has 0 aliphatic heterocycles. The van der Waals surface area contributed by atoms with Crippen LogP contribution >= 0.6 is 24.2 Å². The molecule has 0 radical (unpaired) electrons. The highest BCUT2D eigenvalue weighted by molar-refractivity contribution is 7.98. The normalized spacial score (nSPS) is 10.9. The molecule has 2 aromatic carbocycles. The average molecular weight is 379 g/mol. The van der Waals surface area contributed by atoms with Crippen LogP contribution in [-0.2, 0) is 5.75 Å². The number of hydrogen-bond donors (Lipinski definition) is 1. The molecule has 0 heterocycles. The average Bonchev–Trinajstić information content (AvgIpc) is 2.60. The maximum absolute atomic E-state index is 12.5. The van der Waals surface area contributed by atoms with Crippen LogP contribution in [0.1, 0.15) is 29.8 Å². The molecular weight excluding hydrogens is 352 g/mol. The summed E-state index contributed by atoms with van der Waals surface area (Å²) in [6.07, 6.45) is 0. The van der Waals surface area contributed by atoms with E-state index in [9.17, 15) is 4.79 Å². The Hall–Kier alpha value is -1.49. The molecule has 0 saturated heterocycles. The van der Waals surface area contributed by atoms with Crippen LogP contribution in [0.15, 0.2) is 59.5 Å². The van der Waals surface area contributed by atoms with Crippen LogP contribution in [-0.4, -0.2) is 30.9 Å². The molecule has 0 spiro atoms. The van der Waals surface area contributed by atoms with Crippen molar-refractivity contribution in [2.24, 2.45) is 11.1 Å². The van der Waals surface area contributed by atoms with Gasteiger partial charge in [-0.05, 0) is 41.8 Å². The lowest BCUT2D eigenvalue weighted by atomic mass is 9.93. The van der Waals surface area contributed by atoms with Crippen molar-refractivity contribution in [2.75, 3.05) is 20.1 Å². The summed E-state index contributed by atoms with van der Waals surface area (Å²) >= 11 is 1.80. The summed E-state index contributed by atoms with van der Waals surface area (Å²) in [5, 5.41) is 0. The minimum absolute atomic E-state index is 0. The topological polar surface area (TPSA) is 46.3 Å². The number of nitrogens with zero attached hydrogens (tertiary/aromatic N) is 1. The molecule has 5 heteroatoms. The molecule has 0 aromatic heterocycles. The number of rotatable bonds is 7. The Bertz CT molecular complexity index is 659. The number of carbonyl (C=O) groups is 1. The SMILES string of the molecule is CN(CC(C)(C)CN)C(=O)c1ccc(CSc2ccccc2)cc1.Cl. The summed E-state index contributed by atoms with van der Waals surface area (Å²) in [6.45, 7) is 5.34. The van der Waals surface area contributed by atoms with Gasteiger partial charge in [0.15, 0.2) is 0 Å². The lowest BCUT2D eigenvalue weighted by molar-refractivity contribution is 0.0740. The van der Waals surface area contributed by atoms with Gasteiger partial charge in [-0.1, -0.05) is 44.2 Å².